The van der Waals surface area contributed by atoms with E-state index in [1.165, 1.54) is 13.8 Å². The Bertz CT molecular complexity index is 596. The highest BCUT2D eigenvalue weighted by Gasteiger charge is 2.33. The van der Waals surface area contributed by atoms with Crippen LogP contribution in [0.4, 0.5) is 10.5 Å². The van der Waals surface area contributed by atoms with E-state index in [4.69, 9.17) is 15.3 Å². The van der Waals surface area contributed by atoms with Gasteiger partial charge in [0, 0.05) is 17.3 Å². The lowest BCUT2D eigenvalue weighted by atomic mass is 10.1. The lowest BCUT2D eigenvalue weighted by Gasteiger charge is -2.22. The Morgan fingerprint density at radius 2 is 1.91 bits per heavy atom. The molecule has 7 nitrogen and oxygen atoms in total. The molecule has 1 aromatic carbocycles. The minimum absolute atomic E-state index is 0.154. The van der Waals surface area contributed by atoms with Crippen LogP contribution in [0.25, 0.3) is 0 Å². The molecule has 0 aliphatic carbocycles. The number of benzene rings is 1. The Morgan fingerprint density at radius 3 is 2.48 bits per heavy atom. The Hall–Kier alpha value is -2.41. The average molecular weight is 322 g/mol. The largest absolute Gasteiger partial charge is 0.513 e. The molecule has 1 aromatic rings. The van der Waals surface area contributed by atoms with Crippen molar-refractivity contribution in [3.8, 4) is 0 Å². The van der Waals surface area contributed by atoms with Gasteiger partial charge in [0.25, 0.3) is 0 Å². The molecule has 0 aromatic heterocycles. The Labute approximate surface area is 135 Å². The van der Waals surface area contributed by atoms with Crippen molar-refractivity contribution in [3.63, 3.8) is 0 Å². The quantitative estimate of drug-likeness (QED) is 0.404. The second kappa shape index (κ2) is 7.73. The summed E-state index contributed by atoms with van der Waals surface area (Å²) in [6, 6.07) is 7.49. The van der Waals surface area contributed by atoms with Crippen molar-refractivity contribution >= 4 is 23.5 Å². The summed E-state index contributed by atoms with van der Waals surface area (Å²) in [6.07, 6.45) is -1.69. The molecule has 0 aliphatic rings. The smallest absolute Gasteiger partial charge is 0.449 e. The van der Waals surface area contributed by atoms with Gasteiger partial charge in [0.2, 0.25) is 0 Å². The zero-order valence-electron chi connectivity index (χ0n) is 13.7. The zero-order chi connectivity index (χ0) is 17.6. The maximum Gasteiger partial charge on any atom is 0.513 e. The molecule has 0 saturated carbocycles. The maximum atomic E-state index is 11.6. The van der Waals surface area contributed by atoms with Gasteiger partial charge in [-0.15, -0.1) is 0 Å². The molecule has 0 amide bonds. The second-order valence-electron chi connectivity index (χ2n) is 5.78. The van der Waals surface area contributed by atoms with E-state index in [1.54, 1.807) is 12.1 Å². The van der Waals surface area contributed by atoms with Crippen molar-refractivity contribution in [2.75, 3.05) is 11.9 Å². The van der Waals surface area contributed by atoms with E-state index in [1.807, 2.05) is 26.0 Å². The van der Waals surface area contributed by atoms with E-state index >= 15 is 0 Å². The molecule has 126 valence electrons. The molecule has 0 radical (unpaired) electrons. The van der Waals surface area contributed by atoms with E-state index in [2.05, 4.69) is 10.1 Å². The number of carboxylic acid groups (broad SMARTS) is 1. The van der Waals surface area contributed by atoms with Crippen molar-refractivity contribution < 1.29 is 24.2 Å². The SMILES string of the molecule is CC(C)Nc1ccccc1C(=N)COC(C)(C)C(=O)OC(=O)O. The fourth-order valence-corrected chi connectivity index (χ4v) is 1.77. The summed E-state index contributed by atoms with van der Waals surface area (Å²) in [5.41, 5.74) is 0.154. The number of carbonyl (C=O) groups is 2. The number of anilines is 1. The van der Waals surface area contributed by atoms with Crippen LogP contribution in [0.1, 0.15) is 33.3 Å². The molecule has 0 saturated heterocycles. The van der Waals surface area contributed by atoms with Crippen LogP contribution in [0.5, 0.6) is 0 Å². The summed E-state index contributed by atoms with van der Waals surface area (Å²) in [4.78, 5) is 22.0. The summed E-state index contributed by atoms with van der Waals surface area (Å²) < 4.78 is 9.48. The van der Waals surface area contributed by atoms with Gasteiger partial charge < -0.3 is 25.3 Å². The summed E-state index contributed by atoms with van der Waals surface area (Å²) in [5.74, 6) is -1.02. The number of ether oxygens (including phenoxy) is 2. The van der Waals surface area contributed by atoms with Crippen molar-refractivity contribution in [2.24, 2.45) is 0 Å². The fourth-order valence-electron chi connectivity index (χ4n) is 1.77. The Balaban J connectivity index is 2.77. The van der Waals surface area contributed by atoms with E-state index in [0.29, 0.717) is 5.56 Å². The standard InChI is InChI=1S/C16H22N2O5/c1-10(2)18-13-8-6-5-7-11(13)12(17)9-22-16(3,4)14(19)23-15(20)21/h5-8,10,17-18H,9H2,1-4H3,(H,20,21). The predicted octanol–water partition coefficient (Wildman–Crippen LogP) is 2.89. The lowest BCUT2D eigenvalue weighted by molar-refractivity contribution is -0.161. The first-order valence-electron chi connectivity index (χ1n) is 7.16. The highest BCUT2D eigenvalue weighted by atomic mass is 16.7. The van der Waals surface area contributed by atoms with Gasteiger partial charge >= 0.3 is 12.1 Å². The third-order valence-electron chi connectivity index (χ3n) is 2.95. The molecule has 0 aliphatic heterocycles. The first-order valence-corrected chi connectivity index (χ1v) is 7.16. The summed E-state index contributed by atoms with van der Waals surface area (Å²) in [6.45, 7) is 6.61. The number of rotatable bonds is 7. The van der Waals surface area contributed by atoms with Crippen LogP contribution in [0.15, 0.2) is 24.3 Å². The van der Waals surface area contributed by atoms with E-state index in [0.717, 1.165) is 5.69 Å². The Morgan fingerprint density at radius 1 is 1.30 bits per heavy atom. The van der Waals surface area contributed by atoms with Gasteiger partial charge in [-0.05, 0) is 33.8 Å². The van der Waals surface area contributed by atoms with Gasteiger partial charge in [0.1, 0.15) is 0 Å². The first-order chi connectivity index (χ1) is 10.6. The summed E-state index contributed by atoms with van der Waals surface area (Å²) in [7, 11) is 0. The van der Waals surface area contributed by atoms with Crippen LogP contribution in [-0.4, -0.2) is 41.2 Å². The number of hydrogen-bond donors (Lipinski definition) is 3. The van der Waals surface area contributed by atoms with Crippen LogP contribution in [0.3, 0.4) is 0 Å². The van der Waals surface area contributed by atoms with Crippen molar-refractivity contribution in [1.29, 1.82) is 5.41 Å². The molecule has 23 heavy (non-hydrogen) atoms. The van der Waals surface area contributed by atoms with Crippen LogP contribution in [0, 0.1) is 5.41 Å². The maximum absolute atomic E-state index is 11.6. The molecule has 0 heterocycles. The van der Waals surface area contributed by atoms with Crippen molar-refractivity contribution in [3.05, 3.63) is 29.8 Å². The monoisotopic (exact) mass is 322 g/mol. The van der Waals surface area contributed by atoms with Crippen LogP contribution in [0.2, 0.25) is 0 Å². The molecule has 0 spiro atoms. The summed E-state index contributed by atoms with van der Waals surface area (Å²) in [5, 5.41) is 19.9. The minimum atomic E-state index is -1.69. The number of para-hydroxylation sites is 1. The highest BCUT2D eigenvalue weighted by Crippen LogP contribution is 2.19. The molecule has 1 rings (SSSR count). The van der Waals surface area contributed by atoms with Gasteiger partial charge in [-0.25, -0.2) is 9.59 Å². The molecular formula is C16H22N2O5. The molecule has 7 heteroatoms. The van der Waals surface area contributed by atoms with Gasteiger partial charge in [0.15, 0.2) is 5.60 Å². The normalized spacial score (nSPS) is 11.2. The number of hydrogen-bond acceptors (Lipinski definition) is 6. The van der Waals surface area contributed by atoms with E-state index in [-0.39, 0.29) is 18.4 Å². The minimum Gasteiger partial charge on any atom is -0.449 e. The Kier molecular flexibility index (Phi) is 6.27. The third kappa shape index (κ3) is 5.71. The van der Waals surface area contributed by atoms with E-state index in [9.17, 15) is 9.59 Å². The average Bonchev–Trinajstić information content (AvgIpc) is 2.44. The first kappa shape index (κ1) is 18.6. The topological polar surface area (TPSA) is 109 Å². The van der Waals surface area contributed by atoms with E-state index < -0.39 is 17.7 Å². The number of nitrogens with one attached hydrogen (secondary N) is 2. The molecule has 0 fully saturated rings. The van der Waals surface area contributed by atoms with Gasteiger partial charge in [-0.1, -0.05) is 18.2 Å². The van der Waals surface area contributed by atoms with Gasteiger partial charge in [-0.3, -0.25) is 0 Å². The van der Waals surface area contributed by atoms with Crippen molar-refractivity contribution in [2.45, 2.75) is 39.3 Å². The van der Waals surface area contributed by atoms with Crippen molar-refractivity contribution in [1.82, 2.24) is 0 Å². The predicted molar refractivity (Wildman–Crippen MR) is 86.2 cm³/mol. The van der Waals surface area contributed by atoms with Gasteiger partial charge in [-0.2, -0.15) is 0 Å². The van der Waals surface area contributed by atoms with Crippen LogP contribution in [-0.2, 0) is 14.3 Å². The molecule has 0 unspecified atom stereocenters. The molecular weight excluding hydrogens is 300 g/mol. The third-order valence-corrected chi connectivity index (χ3v) is 2.95. The summed E-state index contributed by atoms with van der Waals surface area (Å²) >= 11 is 0. The molecule has 0 bridgehead atoms. The lowest BCUT2D eigenvalue weighted by Crippen LogP contribution is -2.39. The highest BCUT2D eigenvalue weighted by molar-refractivity contribution is 6.04. The second-order valence-corrected chi connectivity index (χ2v) is 5.78. The van der Waals surface area contributed by atoms with Crippen LogP contribution < -0.4 is 5.32 Å². The number of esters is 1. The van der Waals surface area contributed by atoms with Crippen LogP contribution >= 0.6 is 0 Å². The molecule has 3 N–H and O–H groups in total. The van der Waals surface area contributed by atoms with Gasteiger partial charge in [0.05, 0.1) is 12.3 Å². The number of carbonyl (C=O) groups excluding carboxylic acids is 1. The zero-order valence-corrected chi connectivity index (χ0v) is 13.7. The molecule has 0 atom stereocenters. The fraction of sp³-hybridized carbons (Fsp3) is 0.438.